The molecule has 0 bridgehead atoms. The first-order valence-corrected chi connectivity index (χ1v) is 8.00. The molecule has 0 fully saturated rings. The summed E-state index contributed by atoms with van der Waals surface area (Å²) in [5.74, 6) is 0.966. The van der Waals surface area contributed by atoms with Crippen LogP contribution in [0.5, 0.6) is 0 Å². The van der Waals surface area contributed by atoms with Crippen molar-refractivity contribution in [1.82, 2.24) is 5.32 Å². The average Bonchev–Trinajstić information content (AvgIpc) is 2.81. The van der Waals surface area contributed by atoms with Crippen molar-refractivity contribution in [2.45, 2.75) is 25.8 Å². The summed E-state index contributed by atoms with van der Waals surface area (Å²) >= 11 is 7.06. The highest BCUT2D eigenvalue weighted by atomic mass is 79.9. The second-order valence-corrected chi connectivity index (χ2v) is 6.24. The van der Waals surface area contributed by atoms with Gasteiger partial charge in [-0.2, -0.15) is 0 Å². The Morgan fingerprint density at radius 1 is 1.26 bits per heavy atom. The maximum absolute atomic E-state index is 5.60. The third-order valence-electron chi connectivity index (χ3n) is 2.93. The smallest absolute Gasteiger partial charge is 0.135 e. The molecule has 0 aliphatic rings. The molecule has 2 nitrogen and oxygen atoms in total. The lowest BCUT2D eigenvalue weighted by Crippen LogP contribution is -2.24. The normalized spacial score (nSPS) is 12.6. The molecule has 1 atom stereocenters. The van der Waals surface area contributed by atoms with Crippen molar-refractivity contribution in [3.05, 3.63) is 56.9 Å². The molecule has 0 saturated carbocycles. The Kier molecular flexibility index (Phi) is 5.67. The van der Waals surface area contributed by atoms with Gasteiger partial charge < -0.3 is 9.73 Å². The Labute approximate surface area is 130 Å². The zero-order valence-electron chi connectivity index (χ0n) is 10.8. The van der Waals surface area contributed by atoms with Gasteiger partial charge in [0.25, 0.3) is 0 Å². The number of furan rings is 1. The Balaban J connectivity index is 2.16. The van der Waals surface area contributed by atoms with Gasteiger partial charge in [0.2, 0.25) is 0 Å². The molecule has 0 saturated heterocycles. The molecule has 0 aliphatic carbocycles. The first kappa shape index (κ1) is 14.8. The predicted octanol–water partition coefficient (Wildman–Crippen LogP) is 5.09. The molecule has 102 valence electrons. The molecule has 4 heteroatoms. The van der Waals surface area contributed by atoms with Gasteiger partial charge in [0.15, 0.2) is 0 Å². The van der Waals surface area contributed by atoms with E-state index in [1.165, 1.54) is 5.56 Å². The first-order chi connectivity index (χ1) is 9.20. The Morgan fingerprint density at radius 2 is 2.11 bits per heavy atom. The summed E-state index contributed by atoms with van der Waals surface area (Å²) in [6.45, 7) is 3.14. The Hall–Kier alpha value is -0.580. The van der Waals surface area contributed by atoms with Crippen LogP contribution in [-0.4, -0.2) is 6.54 Å². The fraction of sp³-hybridized carbons (Fsp3) is 0.333. The highest BCUT2D eigenvalue weighted by Gasteiger charge is 2.17. The highest BCUT2D eigenvalue weighted by Crippen LogP contribution is 2.27. The van der Waals surface area contributed by atoms with Crippen LogP contribution in [0.25, 0.3) is 0 Å². The number of hydrogen-bond donors (Lipinski definition) is 1. The van der Waals surface area contributed by atoms with Gasteiger partial charge in [-0.15, -0.1) is 0 Å². The zero-order chi connectivity index (χ0) is 13.7. The standard InChI is InChI=1S/C15H17Br2NO/c1-2-7-18-14(15-13(17)6-8-19-15)10-11-4-3-5-12(16)9-11/h3-6,8-9,14,18H,2,7,10H2,1H3. The number of nitrogens with one attached hydrogen (secondary N) is 1. The van der Waals surface area contributed by atoms with Crippen LogP contribution < -0.4 is 5.32 Å². The van der Waals surface area contributed by atoms with Crippen molar-refractivity contribution >= 4 is 31.9 Å². The van der Waals surface area contributed by atoms with Crippen molar-refractivity contribution in [1.29, 1.82) is 0 Å². The van der Waals surface area contributed by atoms with Gasteiger partial charge in [0, 0.05) is 4.47 Å². The van der Waals surface area contributed by atoms with Crippen LogP contribution in [-0.2, 0) is 6.42 Å². The molecule has 0 aliphatic heterocycles. The van der Waals surface area contributed by atoms with Crippen LogP contribution in [0.1, 0.15) is 30.7 Å². The molecule has 0 spiro atoms. The second kappa shape index (κ2) is 7.27. The Bertz CT molecular complexity index is 524. The van der Waals surface area contributed by atoms with Gasteiger partial charge in [-0.1, -0.05) is 35.0 Å². The number of halogens is 2. The van der Waals surface area contributed by atoms with E-state index in [-0.39, 0.29) is 6.04 Å². The monoisotopic (exact) mass is 385 g/mol. The van der Waals surface area contributed by atoms with E-state index in [0.717, 1.165) is 34.1 Å². The highest BCUT2D eigenvalue weighted by molar-refractivity contribution is 9.10. The van der Waals surface area contributed by atoms with Crippen LogP contribution in [0, 0.1) is 0 Å². The molecule has 0 amide bonds. The van der Waals surface area contributed by atoms with Gasteiger partial charge >= 0.3 is 0 Å². The van der Waals surface area contributed by atoms with Crippen molar-refractivity contribution in [3.63, 3.8) is 0 Å². The average molecular weight is 387 g/mol. The summed E-state index contributed by atoms with van der Waals surface area (Å²) in [6.07, 6.45) is 3.74. The lowest BCUT2D eigenvalue weighted by Gasteiger charge is -2.17. The van der Waals surface area contributed by atoms with Gasteiger partial charge in [0.1, 0.15) is 5.76 Å². The van der Waals surface area contributed by atoms with Crippen molar-refractivity contribution in [3.8, 4) is 0 Å². The van der Waals surface area contributed by atoms with Crippen LogP contribution >= 0.6 is 31.9 Å². The quantitative estimate of drug-likeness (QED) is 0.747. The molecular formula is C15H17Br2NO. The molecule has 2 aromatic rings. The summed E-state index contributed by atoms with van der Waals surface area (Å²) in [5.41, 5.74) is 1.28. The number of benzene rings is 1. The maximum Gasteiger partial charge on any atom is 0.135 e. The fourth-order valence-electron chi connectivity index (χ4n) is 2.03. The van der Waals surface area contributed by atoms with Gasteiger partial charge in [-0.25, -0.2) is 0 Å². The minimum atomic E-state index is 0.193. The summed E-state index contributed by atoms with van der Waals surface area (Å²) in [6, 6.07) is 10.5. The van der Waals surface area contributed by atoms with E-state index < -0.39 is 0 Å². The number of hydrogen-bond acceptors (Lipinski definition) is 2. The van der Waals surface area contributed by atoms with Crippen LogP contribution in [0.15, 0.2) is 50.0 Å². The molecule has 1 N–H and O–H groups in total. The summed E-state index contributed by atoms with van der Waals surface area (Å²) in [5, 5.41) is 3.54. The van der Waals surface area contributed by atoms with E-state index >= 15 is 0 Å². The van der Waals surface area contributed by atoms with Crippen molar-refractivity contribution in [2.75, 3.05) is 6.54 Å². The van der Waals surface area contributed by atoms with Crippen LogP contribution in [0.3, 0.4) is 0 Å². The predicted molar refractivity (Wildman–Crippen MR) is 85.3 cm³/mol. The van der Waals surface area contributed by atoms with Crippen molar-refractivity contribution in [2.24, 2.45) is 0 Å². The van der Waals surface area contributed by atoms with E-state index in [1.807, 2.05) is 12.1 Å². The lowest BCUT2D eigenvalue weighted by atomic mass is 10.0. The molecule has 2 rings (SSSR count). The minimum absolute atomic E-state index is 0.193. The molecule has 1 aromatic heterocycles. The lowest BCUT2D eigenvalue weighted by molar-refractivity contribution is 0.408. The molecular weight excluding hydrogens is 370 g/mol. The largest absolute Gasteiger partial charge is 0.466 e. The van der Waals surface area contributed by atoms with Crippen LogP contribution in [0.4, 0.5) is 0 Å². The third kappa shape index (κ3) is 4.20. The van der Waals surface area contributed by atoms with Crippen LogP contribution in [0.2, 0.25) is 0 Å². The number of rotatable bonds is 6. The minimum Gasteiger partial charge on any atom is -0.466 e. The third-order valence-corrected chi connectivity index (χ3v) is 4.08. The molecule has 19 heavy (non-hydrogen) atoms. The van der Waals surface area contributed by atoms with E-state index in [9.17, 15) is 0 Å². The zero-order valence-corrected chi connectivity index (χ0v) is 14.0. The van der Waals surface area contributed by atoms with Gasteiger partial charge in [0.05, 0.1) is 16.8 Å². The van der Waals surface area contributed by atoms with Gasteiger partial charge in [-0.3, -0.25) is 0 Å². The van der Waals surface area contributed by atoms with E-state index in [2.05, 4.69) is 62.3 Å². The second-order valence-electron chi connectivity index (χ2n) is 4.47. The fourth-order valence-corrected chi connectivity index (χ4v) is 2.95. The van der Waals surface area contributed by atoms with E-state index in [4.69, 9.17) is 4.42 Å². The first-order valence-electron chi connectivity index (χ1n) is 6.41. The SMILES string of the molecule is CCCNC(Cc1cccc(Br)c1)c1occc1Br. The summed E-state index contributed by atoms with van der Waals surface area (Å²) < 4.78 is 7.74. The molecule has 0 radical (unpaired) electrons. The Morgan fingerprint density at radius 3 is 2.74 bits per heavy atom. The van der Waals surface area contributed by atoms with Crippen molar-refractivity contribution < 1.29 is 4.42 Å². The summed E-state index contributed by atoms with van der Waals surface area (Å²) in [4.78, 5) is 0. The van der Waals surface area contributed by atoms with E-state index in [0.29, 0.717) is 0 Å². The molecule has 1 aromatic carbocycles. The maximum atomic E-state index is 5.60. The topological polar surface area (TPSA) is 25.2 Å². The summed E-state index contributed by atoms with van der Waals surface area (Å²) in [7, 11) is 0. The molecule has 1 heterocycles. The van der Waals surface area contributed by atoms with E-state index in [1.54, 1.807) is 6.26 Å². The molecule has 1 unspecified atom stereocenters. The van der Waals surface area contributed by atoms with Gasteiger partial charge in [-0.05, 0) is 59.1 Å².